The lowest BCUT2D eigenvalue weighted by atomic mass is 9.92. The van der Waals surface area contributed by atoms with Gasteiger partial charge in [0.25, 0.3) is 0 Å². The van der Waals surface area contributed by atoms with Gasteiger partial charge in [0, 0.05) is 11.3 Å². The fourth-order valence-electron chi connectivity index (χ4n) is 2.60. The summed E-state index contributed by atoms with van der Waals surface area (Å²) in [5.74, 6) is 0.166. The van der Waals surface area contributed by atoms with Crippen molar-refractivity contribution >= 4 is 16.6 Å². The van der Waals surface area contributed by atoms with Crippen LogP contribution in [0.2, 0.25) is 0 Å². The molecule has 0 amide bonds. The number of piperidine rings is 1. The predicted molar refractivity (Wildman–Crippen MR) is 71.0 cm³/mol. The number of aromatic nitrogens is 1. The van der Waals surface area contributed by atoms with Gasteiger partial charge in [-0.2, -0.15) is 0 Å². The number of fused-ring (bicyclic) bond motifs is 1. The van der Waals surface area contributed by atoms with Crippen molar-refractivity contribution < 1.29 is 4.39 Å². The van der Waals surface area contributed by atoms with E-state index in [9.17, 15) is 4.39 Å². The Bertz CT molecular complexity index is 577. The topological polar surface area (TPSA) is 50.9 Å². The second kappa shape index (κ2) is 4.53. The lowest BCUT2D eigenvalue weighted by molar-refractivity contribution is 0.455. The highest BCUT2D eigenvalue weighted by Crippen LogP contribution is 2.30. The summed E-state index contributed by atoms with van der Waals surface area (Å²) in [5.41, 5.74) is 8.53. The number of nitrogens with one attached hydrogen (secondary N) is 1. The predicted octanol–water partition coefficient (Wildman–Crippen LogP) is 2.42. The molecule has 18 heavy (non-hydrogen) atoms. The summed E-state index contributed by atoms with van der Waals surface area (Å²) in [7, 11) is 0. The van der Waals surface area contributed by atoms with E-state index in [-0.39, 0.29) is 5.82 Å². The number of hydrogen-bond donors (Lipinski definition) is 2. The van der Waals surface area contributed by atoms with Gasteiger partial charge in [-0.3, -0.25) is 4.98 Å². The second-order valence-electron chi connectivity index (χ2n) is 4.82. The lowest BCUT2D eigenvalue weighted by Crippen LogP contribution is -2.27. The summed E-state index contributed by atoms with van der Waals surface area (Å²) in [5, 5.41) is 4.10. The zero-order valence-electron chi connectivity index (χ0n) is 10.1. The first kappa shape index (κ1) is 11.4. The van der Waals surface area contributed by atoms with E-state index in [0.717, 1.165) is 42.5 Å². The van der Waals surface area contributed by atoms with Gasteiger partial charge >= 0.3 is 0 Å². The van der Waals surface area contributed by atoms with Gasteiger partial charge in [0.2, 0.25) is 0 Å². The Balaban J connectivity index is 2.06. The molecule has 0 aliphatic carbocycles. The molecular formula is C14H16FN3. The highest BCUT2D eigenvalue weighted by atomic mass is 19.1. The van der Waals surface area contributed by atoms with Crippen LogP contribution in [0.5, 0.6) is 0 Å². The van der Waals surface area contributed by atoms with Crippen LogP contribution < -0.4 is 11.1 Å². The number of nitrogen functional groups attached to an aromatic ring is 1. The first-order valence-corrected chi connectivity index (χ1v) is 6.30. The molecule has 0 unspecified atom stereocenters. The molecule has 1 saturated heterocycles. The lowest BCUT2D eigenvalue weighted by Gasteiger charge is -2.23. The molecule has 1 aromatic heterocycles. The van der Waals surface area contributed by atoms with Crippen molar-refractivity contribution in [3.63, 3.8) is 0 Å². The van der Waals surface area contributed by atoms with Crippen molar-refractivity contribution in [2.24, 2.45) is 0 Å². The van der Waals surface area contributed by atoms with Crippen LogP contribution in [0.1, 0.15) is 24.5 Å². The zero-order valence-corrected chi connectivity index (χ0v) is 10.1. The third-order valence-corrected chi connectivity index (χ3v) is 3.56. The summed E-state index contributed by atoms with van der Waals surface area (Å²) >= 11 is 0. The van der Waals surface area contributed by atoms with E-state index >= 15 is 0 Å². The molecule has 2 heterocycles. The molecule has 3 rings (SSSR count). The molecule has 0 radical (unpaired) electrons. The summed E-state index contributed by atoms with van der Waals surface area (Å²) < 4.78 is 13.1. The molecule has 1 aliphatic rings. The minimum atomic E-state index is -0.252. The van der Waals surface area contributed by atoms with Crippen LogP contribution in [0.4, 0.5) is 10.1 Å². The fraction of sp³-hybridized carbons (Fsp3) is 0.357. The van der Waals surface area contributed by atoms with Crippen molar-refractivity contribution in [1.29, 1.82) is 0 Å². The van der Waals surface area contributed by atoms with E-state index in [4.69, 9.17) is 5.73 Å². The van der Waals surface area contributed by atoms with Crippen LogP contribution >= 0.6 is 0 Å². The van der Waals surface area contributed by atoms with Gasteiger partial charge in [-0.05, 0) is 50.2 Å². The maximum atomic E-state index is 13.1. The Morgan fingerprint density at radius 3 is 2.78 bits per heavy atom. The Hall–Kier alpha value is -1.68. The standard InChI is InChI=1S/C14H16FN3/c15-11-1-2-13-10(7-11)8-12(16)14(18-13)9-3-5-17-6-4-9/h1-2,7-9,17H,3-6,16H2. The van der Waals surface area contributed by atoms with E-state index in [1.165, 1.54) is 12.1 Å². The number of rotatable bonds is 1. The average molecular weight is 245 g/mol. The van der Waals surface area contributed by atoms with Gasteiger partial charge in [0.15, 0.2) is 0 Å². The Morgan fingerprint density at radius 1 is 1.22 bits per heavy atom. The number of anilines is 1. The van der Waals surface area contributed by atoms with E-state index in [0.29, 0.717) is 11.6 Å². The molecule has 0 spiro atoms. The maximum absolute atomic E-state index is 13.1. The Labute approximate surface area is 105 Å². The van der Waals surface area contributed by atoms with Gasteiger partial charge in [-0.15, -0.1) is 0 Å². The summed E-state index contributed by atoms with van der Waals surface area (Å²) in [4.78, 5) is 4.62. The minimum Gasteiger partial charge on any atom is -0.397 e. The summed E-state index contributed by atoms with van der Waals surface area (Å²) in [6.07, 6.45) is 2.12. The summed E-state index contributed by atoms with van der Waals surface area (Å²) in [6.45, 7) is 2.01. The molecule has 0 saturated carbocycles. The zero-order chi connectivity index (χ0) is 12.5. The largest absolute Gasteiger partial charge is 0.397 e. The number of pyridine rings is 1. The smallest absolute Gasteiger partial charge is 0.123 e. The number of benzene rings is 1. The number of nitrogens with two attached hydrogens (primary N) is 1. The van der Waals surface area contributed by atoms with Crippen molar-refractivity contribution in [3.05, 3.63) is 35.8 Å². The van der Waals surface area contributed by atoms with Gasteiger partial charge in [0.05, 0.1) is 16.9 Å². The highest BCUT2D eigenvalue weighted by Gasteiger charge is 2.19. The third-order valence-electron chi connectivity index (χ3n) is 3.56. The first-order chi connectivity index (χ1) is 8.74. The number of nitrogens with zero attached hydrogens (tertiary/aromatic N) is 1. The monoisotopic (exact) mass is 245 g/mol. The molecule has 1 aliphatic heterocycles. The molecule has 0 bridgehead atoms. The van der Waals surface area contributed by atoms with Gasteiger partial charge in [-0.1, -0.05) is 0 Å². The van der Waals surface area contributed by atoms with Crippen molar-refractivity contribution in [3.8, 4) is 0 Å². The molecule has 94 valence electrons. The molecule has 3 nitrogen and oxygen atoms in total. The van der Waals surface area contributed by atoms with Crippen LogP contribution in [0.3, 0.4) is 0 Å². The minimum absolute atomic E-state index is 0.252. The fourth-order valence-corrected chi connectivity index (χ4v) is 2.60. The van der Waals surface area contributed by atoms with Crippen molar-refractivity contribution in [2.75, 3.05) is 18.8 Å². The highest BCUT2D eigenvalue weighted by molar-refractivity contribution is 5.82. The summed E-state index contributed by atoms with van der Waals surface area (Å²) in [6, 6.07) is 6.47. The molecular weight excluding hydrogens is 229 g/mol. The van der Waals surface area contributed by atoms with Crippen LogP contribution in [-0.4, -0.2) is 18.1 Å². The Kier molecular flexibility index (Phi) is 2.88. The SMILES string of the molecule is Nc1cc2cc(F)ccc2nc1C1CCNCC1. The molecule has 0 atom stereocenters. The molecule has 3 N–H and O–H groups in total. The van der Waals surface area contributed by atoms with Gasteiger partial charge < -0.3 is 11.1 Å². The van der Waals surface area contributed by atoms with E-state index in [1.807, 2.05) is 6.07 Å². The number of halogens is 1. The van der Waals surface area contributed by atoms with E-state index in [1.54, 1.807) is 6.07 Å². The van der Waals surface area contributed by atoms with Gasteiger partial charge in [-0.25, -0.2) is 4.39 Å². The van der Waals surface area contributed by atoms with Crippen LogP contribution in [0, 0.1) is 5.82 Å². The van der Waals surface area contributed by atoms with Crippen LogP contribution in [0.25, 0.3) is 10.9 Å². The molecule has 1 aromatic carbocycles. The molecule has 4 heteroatoms. The maximum Gasteiger partial charge on any atom is 0.123 e. The average Bonchev–Trinajstić information content (AvgIpc) is 2.39. The number of hydrogen-bond acceptors (Lipinski definition) is 3. The van der Waals surface area contributed by atoms with E-state index < -0.39 is 0 Å². The van der Waals surface area contributed by atoms with E-state index in [2.05, 4.69) is 10.3 Å². The first-order valence-electron chi connectivity index (χ1n) is 6.30. The van der Waals surface area contributed by atoms with Crippen LogP contribution in [0.15, 0.2) is 24.3 Å². The quantitative estimate of drug-likeness (QED) is 0.811. The van der Waals surface area contributed by atoms with Crippen molar-refractivity contribution in [1.82, 2.24) is 10.3 Å². The second-order valence-corrected chi connectivity index (χ2v) is 4.82. The Morgan fingerprint density at radius 2 is 2.00 bits per heavy atom. The molecule has 1 fully saturated rings. The van der Waals surface area contributed by atoms with Crippen molar-refractivity contribution in [2.45, 2.75) is 18.8 Å². The third kappa shape index (κ3) is 2.04. The molecule has 2 aromatic rings. The van der Waals surface area contributed by atoms with Crippen LogP contribution in [-0.2, 0) is 0 Å². The van der Waals surface area contributed by atoms with Gasteiger partial charge in [0.1, 0.15) is 5.82 Å². The normalized spacial score (nSPS) is 17.2.